The van der Waals surface area contributed by atoms with E-state index in [0.29, 0.717) is 18.9 Å². The average Bonchev–Trinajstić information content (AvgIpc) is 2.89. The molecule has 0 aromatic heterocycles. The number of rotatable bonds is 6. The number of carbonyl (C=O) groups excluding carboxylic acids is 1. The molecule has 1 saturated carbocycles. The van der Waals surface area contributed by atoms with Crippen LogP contribution in [-0.4, -0.2) is 12.4 Å². The van der Waals surface area contributed by atoms with Gasteiger partial charge in [-0.05, 0) is 24.5 Å². The smallest absolute Gasteiger partial charge is 0.163 e. The molecule has 0 N–H and O–H groups in total. The first-order chi connectivity index (χ1) is 8.79. The van der Waals surface area contributed by atoms with Crippen molar-refractivity contribution in [3.63, 3.8) is 0 Å². The number of Topliss-reactive ketones (excluding diaryl/α,β-unsaturated/α-hetero) is 1. The predicted octanol–water partition coefficient (Wildman–Crippen LogP) is 4.24. The molecule has 0 radical (unpaired) electrons. The van der Waals surface area contributed by atoms with E-state index in [9.17, 15) is 4.79 Å². The van der Waals surface area contributed by atoms with Crippen LogP contribution in [0.5, 0.6) is 5.75 Å². The van der Waals surface area contributed by atoms with Crippen molar-refractivity contribution in [3.8, 4) is 5.75 Å². The summed E-state index contributed by atoms with van der Waals surface area (Å²) in [5, 5.41) is 0. The molecule has 2 nitrogen and oxygen atoms in total. The van der Waals surface area contributed by atoms with Gasteiger partial charge in [0.2, 0.25) is 0 Å². The highest BCUT2D eigenvalue weighted by atomic mass is 16.5. The predicted molar refractivity (Wildman–Crippen MR) is 73.1 cm³/mol. The summed E-state index contributed by atoms with van der Waals surface area (Å²) in [5.41, 5.74) is 0.801. The summed E-state index contributed by atoms with van der Waals surface area (Å²) in [6.07, 6.45) is 6.71. The fourth-order valence-corrected chi connectivity index (χ4v) is 2.57. The Morgan fingerprint density at radius 1 is 1.33 bits per heavy atom. The number of ether oxygens (including phenoxy) is 1. The highest BCUT2D eigenvalue weighted by Crippen LogP contribution is 2.29. The third-order valence-corrected chi connectivity index (χ3v) is 3.58. The van der Waals surface area contributed by atoms with Gasteiger partial charge in [-0.3, -0.25) is 4.79 Å². The average molecular weight is 246 g/mol. The maximum atomic E-state index is 12.2. The Morgan fingerprint density at radius 3 is 2.83 bits per heavy atom. The molecule has 1 aromatic carbocycles. The Kier molecular flexibility index (Phi) is 4.80. The first-order valence-electron chi connectivity index (χ1n) is 7.05. The lowest BCUT2D eigenvalue weighted by molar-refractivity contribution is 0.0961. The van der Waals surface area contributed by atoms with Gasteiger partial charge in [-0.25, -0.2) is 0 Å². The minimum Gasteiger partial charge on any atom is -0.494 e. The van der Waals surface area contributed by atoms with Gasteiger partial charge in [-0.15, -0.1) is 0 Å². The molecule has 1 aliphatic carbocycles. The number of ketones is 1. The molecular formula is C16H22O2. The van der Waals surface area contributed by atoms with Crippen molar-refractivity contribution in [2.75, 3.05) is 6.61 Å². The molecule has 1 aromatic rings. The van der Waals surface area contributed by atoms with Crippen LogP contribution in [0.15, 0.2) is 24.3 Å². The van der Waals surface area contributed by atoms with Crippen LogP contribution in [0.1, 0.15) is 55.8 Å². The lowest BCUT2D eigenvalue weighted by Gasteiger charge is -2.09. The largest absolute Gasteiger partial charge is 0.494 e. The molecule has 98 valence electrons. The third-order valence-electron chi connectivity index (χ3n) is 3.58. The van der Waals surface area contributed by atoms with Gasteiger partial charge in [-0.2, -0.15) is 0 Å². The molecule has 1 aliphatic rings. The van der Waals surface area contributed by atoms with Crippen molar-refractivity contribution >= 4 is 5.78 Å². The molecule has 0 bridgehead atoms. The minimum atomic E-state index is 0.267. The molecule has 2 heteroatoms. The van der Waals surface area contributed by atoms with Crippen molar-refractivity contribution in [2.24, 2.45) is 5.92 Å². The van der Waals surface area contributed by atoms with Gasteiger partial charge in [0.1, 0.15) is 5.75 Å². The molecule has 1 fully saturated rings. The van der Waals surface area contributed by atoms with Gasteiger partial charge in [0.25, 0.3) is 0 Å². The Labute approximate surface area is 109 Å². The van der Waals surface area contributed by atoms with Crippen LogP contribution < -0.4 is 4.74 Å². The lowest BCUT2D eigenvalue weighted by atomic mass is 9.97. The van der Waals surface area contributed by atoms with Crippen LogP contribution in [0.3, 0.4) is 0 Å². The standard InChI is InChI=1S/C16H22O2/c1-2-10-18-15-9-5-8-14(12-15)16(17)11-13-6-3-4-7-13/h5,8-9,12-13H,2-4,6-7,10-11H2,1H3. The minimum absolute atomic E-state index is 0.267. The molecule has 2 rings (SSSR count). The number of hydrogen-bond donors (Lipinski definition) is 0. The summed E-state index contributed by atoms with van der Waals surface area (Å²) in [6.45, 7) is 2.79. The van der Waals surface area contributed by atoms with Crippen LogP contribution in [0.25, 0.3) is 0 Å². The van der Waals surface area contributed by atoms with Crippen LogP contribution in [0.4, 0.5) is 0 Å². The number of benzene rings is 1. The summed E-state index contributed by atoms with van der Waals surface area (Å²) < 4.78 is 5.56. The van der Waals surface area contributed by atoms with Crippen molar-refractivity contribution < 1.29 is 9.53 Å². The van der Waals surface area contributed by atoms with Gasteiger partial charge < -0.3 is 4.74 Å². The lowest BCUT2D eigenvalue weighted by Crippen LogP contribution is -2.06. The molecule has 0 heterocycles. The van der Waals surface area contributed by atoms with Gasteiger partial charge in [0.05, 0.1) is 6.61 Å². The van der Waals surface area contributed by atoms with E-state index in [1.807, 2.05) is 24.3 Å². The van der Waals surface area contributed by atoms with E-state index in [2.05, 4.69) is 6.92 Å². The Bertz CT molecular complexity index is 392. The third kappa shape index (κ3) is 3.59. The second-order valence-electron chi connectivity index (χ2n) is 5.15. The second kappa shape index (κ2) is 6.58. The molecule has 0 aliphatic heterocycles. The monoisotopic (exact) mass is 246 g/mol. The summed E-state index contributed by atoms with van der Waals surface area (Å²) in [7, 11) is 0. The van der Waals surface area contributed by atoms with Crippen LogP contribution in [-0.2, 0) is 0 Å². The molecule has 0 atom stereocenters. The fraction of sp³-hybridized carbons (Fsp3) is 0.562. The van der Waals surface area contributed by atoms with E-state index >= 15 is 0 Å². The normalized spacial score (nSPS) is 15.8. The fourth-order valence-electron chi connectivity index (χ4n) is 2.57. The zero-order valence-corrected chi connectivity index (χ0v) is 11.2. The molecule has 0 saturated heterocycles. The zero-order chi connectivity index (χ0) is 12.8. The van der Waals surface area contributed by atoms with E-state index in [1.165, 1.54) is 25.7 Å². The van der Waals surface area contributed by atoms with Crippen molar-refractivity contribution in [3.05, 3.63) is 29.8 Å². The molecule has 0 amide bonds. The van der Waals surface area contributed by atoms with Crippen LogP contribution in [0.2, 0.25) is 0 Å². The van der Waals surface area contributed by atoms with Crippen molar-refractivity contribution in [1.29, 1.82) is 0 Å². The highest BCUT2D eigenvalue weighted by molar-refractivity contribution is 5.96. The molecule has 18 heavy (non-hydrogen) atoms. The molecular weight excluding hydrogens is 224 g/mol. The topological polar surface area (TPSA) is 26.3 Å². The zero-order valence-electron chi connectivity index (χ0n) is 11.2. The summed E-state index contributed by atoms with van der Waals surface area (Å²) >= 11 is 0. The van der Waals surface area contributed by atoms with Crippen molar-refractivity contribution in [2.45, 2.75) is 45.4 Å². The van der Waals surface area contributed by atoms with E-state index in [1.54, 1.807) is 0 Å². The number of hydrogen-bond acceptors (Lipinski definition) is 2. The van der Waals surface area contributed by atoms with E-state index < -0.39 is 0 Å². The Morgan fingerprint density at radius 2 is 2.11 bits per heavy atom. The number of carbonyl (C=O) groups is 1. The second-order valence-corrected chi connectivity index (χ2v) is 5.15. The van der Waals surface area contributed by atoms with Gasteiger partial charge in [-0.1, -0.05) is 44.7 Å². The SMILES string of the molecule is CCCOc1cccc(C(=O)CC2CCCC2)c1. The van der Waals surface area contributed by atoms with Gasteiger partial charge in [0, 0.05) is 12.0 Å². The molecule has 0 spiro atoms. The van der Waals surface area contributed by atoms with Crippen LogP contribution in [0, 0.1) is 5.92 Å². The Balaban J connectivity index is 1.96. The Hall–Kier alpha value is -1.31. The quantitative estimate of drug-likeness (QED) is 0.702. The first kappa shape index (κ1) is 13.1. The van der Waals surface area contributed by atoms with Crippen LogP contribution >= 0.6 is 0 Å². The first-order valence-corrected chi connectivity index (χ1v) is 7.05. The van der Waals surface area contributed by atoms with Crippen molar-refractivity contribution in [1.82, 2.24) is 0 Å². The highest BCUT2D eigenvalue weighted by Gasteiger charge is 2.19. The molecule has 0 unspecified atom stereocenters. The van der Waals surface area contributed by atoms with Gasteiger partial charge in [0.15, 0.2) is 5.78 Å². The maximum absolute atomic E-state index is 12.2. The summed E-state index contributed by atoms with van der Waals surface area (Å²) in [6, 6.07) is 7.61. The van der Waals surface area contributed by atoms with E-state index in [4.69, 9.17) is 4.74 Å². The van der Waals surface area contributed by atoms with E-state index in [0.717, 1.165) is 17.7 Å². The van der Waals surface area contributed by atoms with E-state index in [-0.39, 0.29) is 5.78 Å². The van der Waals surface area contributed by atoms with Gasteiger partial charge >= 0.3 is 0 Å². The summed E-state index contributed by atoms with van der Waals surface area (Å²) in [4.78, 5) is 12.2. The maximum Gasteiger partial charge on any atom is 0.163 e. The summed E-state index contributed by atoms with van der Waals surface area (Å²) in [5.74, 6) is 1.69.